The summed E-state index contributed by atoms with van der Waals surface area (Å²) in [6, 6.07) is 5.30. The number of aromatic amines is 1. The number of rotatable bonds is 6. The van der Waals surface area contributed by atoms with Crippen LogP contribution in [0, 0.1) is 0 Å². The van der Waals surface area contributed by atoms with Crippen molar-refractivity contribution in [3.05, 3.63) is 30.1 Å². The molecule has 0 saturated carbocycles. The molecule has 2 rings (SSSR count). The average molecular weight is 246 g/mol. The molecule has 0 bridgehead atoms. The van der Waals surface area contributed by atoms with Gasteiger partial charge in [0.1, 0.15) is 0 Å². The molecular weight excluding hydrogens is 232 g/mol. The molecule has 0 radical (unpaired) electrons. The van der Waals surface area contributed by atoms with Gasteiger partial charge in [0.2, 0.25) is 6.41 Å². The number of carbonyl (C=O) groups is 2. The molecule has 1 aromatic heterocycles. The Hall–Kier alpha value is -2.37. The highest BCUT2D eigenvalue weighted by atomic mass is 16.1. The first kappa shape index (κ1) is 12.1. The van der Waals surface area contributed by atoms with Crippen molar-refractivity contribution in [3.63, 3.8) is 0 Å². The van der Waals surface area contributed by atoms with Gasteiger partial charge in [-0.2, -0.15) is 0 Å². The van der Waals surface area contributed by atoms with Crippen LogP contribution in [-0.4, -0.2) is 35.4 Å². The van der Waals surface area contributed by atoms with Crippen molar-refractivity contribution in [1.82, 2.24) is 20.6 Å². The van der Waals surface area contributed by atoms with E-state index >= 15 is 0 Å². The summed E-state index contributed by atoms with van der Waals surface area (Å²) < 4.78 is 0. The maximum Gasteiger partial charge on any atom is 0.251 e. The SMILES string of the molecule is O=CNCCCNC(=O)c1ccc2nc[nH]c2c1. The molecule has 0 aliphatic rings. The third kappa shape index (κ3) is 2.85. The molecule has 0 unspecified atom stereocenters. The second-order valence-electron chi connectivity index (χ2n) is 3.82. The van der Waals surface area contributed by atoms with Crippen LogP contribution in [0.1, 0.15) is 16.8 Å². The second kappa shape index (κ2) is 5.81. The zero-order chi connectivity index (χ0) is 12.8. The van der Waals surface area contributed by atoms with Crippen molar-refractivity contribution >= 4 is 23.4 Å². The van der Waals surface area contributed by atoms with E-state index in [-0.39, 0.29) is 5.91 Å². The van der Waals surface area contributed by atoms with E-state index in [1.165, 1.54) is 0 Å². The first-order chi connectivity index (χ1) is 8.81. The molecule has 6 nitrogen and oxygen atoms in total. The van der Waals surface area contributed by atoms with Crippen LogP contribution in [0.3, 0.4) is 0 Å². The summed E-state index contributed by atoms with van der Waals surface area (Å²) in [5, 5.41) is 5.32. The Morgan fingerprint density at radius 1 is 1.39 bits per heavy atom. The maximum absolute atomic E-state index is 11.8. The molecule has 3 N–H and O–H groups in total. The number of hydrogen-bond donors (Lipinski definition) is 3. The molecule has 1 aromatic carbocycles. The minimum absolute atomic E-state index is 0.127. The third-order valence-corrected chi connectivity index (χ3v) is 2.55. The fourth-order valence-corrected chi connectivity index (χ4v) is 1.63. The number of amides is 2. The van der Waals surface area contributed by atoms with Gasteiger partial charge in [-0.25, -0.2) is 4.98 Å². The van der Waals surface area contributed by atoms with Crippen LogP contribution < -0.4 is 10.6 Å². The molecule has 94 valence electrons. The Labute approximate surface area is 104 Å². The van der Waals surface area contributed by atoms with Crippen molar-refractivity contribution in [2.24, 2.45) is 0 Å². The maximum atomic E-state index is 11.8. The standard InChI is InChI=1S/C12H14N4O2/c17-8-13-4-1-5-14-12(18)9-2-3-10-11(6-9)16-7-15-10/h2-3,6-8H,1,4-5H2,(H,13,17)(H,14,18)(H,15,16). The van der Waals surface area contributed by atoms with Crippen LogP contribution in [-0.2, 0) is 4.79 Å². The van der Waals surface area contributed by atoms with E-state index in [0.717, 1.165) is 11.0 Å². The zero-order valence-corrected chi connectivity index (χ0v) is 9.77. The Morgan fingerprint density at radius 2 is 2.28 bits per heavy atom. The van der Waals surface area contributed by atoms with Gasteiger partial charge in [0.25, 0.3) is 5.91 Å². The highest BCUT2D eigenvalue weighted by Crippen LogP contribution is 2.11. The summed E-state index contributed by atoms with van der Waals surface area (Å²) in [5.74, 6) is -0.127. The topological polar surface area (TPSA) is 86.9 Å². The minimum atomic E-state index is -0.127. The molecule has 18 heavy (non-hydrogen) atoms. The number of benzene rings is 1. The molecule has 2 aromatic rings. The average Bonchev–Trinajstić information content (AvgIpc) is 2.85. The zero-order valence-electron chi connectivity index (χ0n) is 9.77. The smallest absolute Gasteiger partial charge is 0.251 e. The number of H-pyrrole nitrogens is 1. The summed E-state index contributed by atoms with van der Waals surface area (Å²) in [4.78, 5) is 28.9. The molecule has 6 heteroatoms. The van der Waals surface area contributed by atoms with Gasteiger partial charge in [-0.1, -0.05) is 0 Å². The molecule has 0 spiro atoms. The Kier molecular flexibility index (Phi) is 3.90. The van der Waals surface area contributed by atoms with Crippen LogP contribution in [0.5, 0.6) is 0 Å². The van der Waals surface area contributed by atoms with Crippen molar-refractivity contribution in [3.8, 4) is 0 Å². The lowest BCUT2D eigenvalue weighted by molar-refractivity contribution is -0.109. The fraction of sp³-hybridized carbons (Fsp3) is 0.250. The number of aromatic nitrogens is 2. The van der Waals surface area contributed by atoms with Gasteiger partial charge in [0.05, 0.1) is 17.4 Å². The number of carbonyl (C=O) groups excluding carboxylic acids is 2. The van der Waals surface area contributed by atoms with E-state index in [9.17, 15) is 9.59 Å². The third-order valence-electron chi connectivity index (χ3n) is 2.55. The Balaban J connectivity index is 1.89. The fourth-order valence-electron chi connectivity index (χ4n) is 1.63. The highest BCUT2D eigenvalue weighted by Gasteiger charge is 2.06. The van der Waals surface area contributed by atoms with E-state index in [2.05, 4.69) is 20.6 Å². The molecule has 2 amide bonds. The molecule has 0 atom stereocenters. The van der Waals surface area contributed by atoms with Crippen LogP contribution in [0.4, 0.5) is 0 Å². The van der Waals surface area contributed by atoms with Gasteiger partial charge in [-0.3, -0.25) is 9.59 Å². The Bertz CT molecular complexity index is 550. The van der Waals surface area contributed by atoms with Crippen LogP contribution in [0.15, 0.2) is 24.5 Å². The highest BCUT2D eigenvalue weighted by molar-refractivity contribution is 5.97. The summed E-state index contributed by atoms with van der Waals surface area (Å²) >= 11 is 0. The van der Waals surface area contributed by atoms with Crippen molar-refractivity contribution in [2.45, 2.75) is 6.42 Å². The predicted molar refractivity (Wildman–Crippen MR) is 67.1 cm³/mol. The largest absolute Gasteiger partial charge is 0.359 e. The van der Waals surface area contributed by atoms with Gasteiger partial charge in [0.15, 0.2) is 0 Å². The molecule has 0 aliphatic heterocycles. The van der Waals surface area contributed by atoms with Crippen molar-refractivity contribution in [1.29, 1.82) is 0 Å². The van der Waals surface area contributed by atoms with Gasteiger partial charge >= 0.3 is 0 Å². The van der Waals surface area contributed by atoms with Gasteiger partial charge in [-0.05, 0) is 24.6 Å². The molecular formula is C12H14N4O2. The summed E-state index contributed by atoms with van der Waals surface area (Å²) in [5.41, 5.74) is 2.27. The molecule has 1 heterocycles. The summed E-state index contributed by atoms with van der Waals surface area (Å²) in [7, 11) is 0. The first-order valence-corrected chi connectivity index (χ1v) is 5.69. The normalized spacial score (nSPS) is 10.2. The minimum Gasteiger partial charge on any atom is -0.359 e. The van der Waals surface area contributed by atoms with E-state index in [0.29, 0.717) is 31.5 Å². The molecule has 0 saturated heterocycles. The molecule has 0 fully saturated rings. The van der Waals surface area contributed by atoms with Crippen molar-refractivity contribution in [2.75, 3.05) is 13.1 Å². The molecule has 0 aliphatic carbocycles. The van der Waals surface area contributed by atoms with Gasteiger partial charge in [0, 0.05) is 18.7 Å². The lowest BCUT2D eigenvalue weighted by Gasteiger charge is -2.04. The van der Waals surface area contributed by atoms with E-state index in [1.54, 1.807) is 24.5 Å². The van der Waals surface area contributed by atoms with Gasteiger partial charge in [-0.15, -0.1) is 0 Å². The second-order valence-corrected chi connectivity index (χ2v) is 3.82. The quantitative estimate of drug-likeness (QED) is 0.510. The van der Waals surface area contributed by atoms with Crippen LogP contribution in [0.2, 0.25) is 0 Å². The lowest BCUT2D eigenvalue weighted by atomic mass is 10.2. The van der Waals surface area contributed by atoms with E-state index < -0.39 is 0 Å². The van der Waals surface area contributed by atoms with Crippen LogP contribution in [0.25, 0.3) is 11.0 Å². The number of imidazole rings is 1. The van der Waals surface area contributed by atoms with E-state index in [1.807, 2.05) is 0 Å². The first-order valence-electron chi connectivity index (χ1n) is 5.69. The number of hydrogen-bond acceptors (Lipinski definition) is 3. The number of fused-ring (bicyclic) bond motifs is 1. The van der Waals surface area contributed by atoms with E-state index in [4.69, 9.17) is 0 Å². The predicted octanol–water partition coefficient (Wildman–Crippen LogP) is 0.429. The monoisotopic (exact) mass is 246 g/mol. The van der Waals surface area contributed by atoms with Crippen molar-refractivity contribution < 1.29 is 9.59 Å². The van der Waals surface area contributed by atoms with Gasteiger partial charge < -0.3 is 15.6 Å². The number of nitrogens with zero attached hydrogens (tertiary/aromatic N) is 1. The summed E-state index contributed by atoms with van der Waals surface area (Å²) in [6.45, 7) is 1.09. The number of nitrogens with one attached hydrogen (secondary N) is 3. The van der Waals surface area contributed by atoms with Crippen LogP contribution >= 0.6 is 0 Å². The lowest BCUT2D eigenvalue weighted by Crippen LogP contribution is -2.27. The Morgan fingerprint density at radius 3 is 3.11 bits per heavy atom. The summed E-state index contributed by atoms with van der Waals surface area (Å²) in [6.07, 6.45) is 2.95.